The first kappa shape index (κ1) is 18.7. The molecule has 4 aromatic rings. The number of hydrogen-bond acceptors (Lipinski definition) is 5. The second-order valence-corrected chi connectivity index (χ2v) is 7.76. The highest BCUT2D eigenvalue weighted by Gasteiger charge is 2.20. The van der Waals surface area contributed by atoms with E-state index in [9.17, 15) is 4.79 Å². The maximum absolute atomic E-state index is 12.4. The van der Waals surface area contributed by atoms with Crippen LogP contribution in [0.25, 0.3) is 11.0 Å². The van der Waals surface area contributed by atoms with E-state index in [1.165, 1.54) is 0 Å². The topological polar surface area (TPSA) is 84.8 Å². The maximum Gasteiger partial charge on any atom is 0.263 e. The predicted octanol–water partition coefficient (Wildman–Crippen LogP) is 4.28. The van der Waals surface area contributed by atoms with Crippen LogP contribution in [-0.2, 0) is 12.1 Å². The summed E-state index contributed by atoms with van der Waals surface area (Å²) in [5.41, 5.74) is 0.999. The Morgan fingerprint density at radius 2 is 1.79 bits per heavy atom. The van der Waals surface area contributed by atoms with Crippen molar-refractivity contribution in [2.75, 3.05) is 5.32 Å². The van der Waals surface area contributed by atoms with Crippen LogP contribution < -0.4 is 15.6 Å². The fraction of sp³-hybridized carbons (Fsp3) is 0.227. The summed E-state index contributed by atoms with van der Waals surface area (Å²) in [5.74, 6) is 1.90. The third-order valence-corrected chi connectivity index (χ3v) is 4.46. The third-order valence-electron chi connectivity index (χ3n) is 4.46. The van der Waals surface area contributed by atoms with Crippen molar-refractivity contribution >= 4 is 17.0 Å². The van der Waals surface area contributed by atoms with Gasteiger partial charge >= 0.3 is 0 Å². The number of ether oxygens (including phenoxy) is 1. The number of aromatic amines is 1. The van der Waals surface area contributed by atoms with Gasteiger partial charge in [0, 0.05) is 12.1 Å². The highest BCUT2D eigenvalue weighted by molar-refractivity contribution is 5.74. The van der Waals surface area contributed by atoms with Gasteiger partial charge < -0.3 is 10.1 Å². The summed E-state index contributed by atoms with van der Waals surface area (Å²) in [5, 5.41) is 8.01. The van der Waals surface area contributed by atoms with Crippen molar-refractivity contribution in [3.05, 3.63) is 76.7 Å². The molecule has 0 spiro atoms. The molecule has 0 bridgehead atoms. The van der Waals surface area contributed by atoms with Gasteiger partial charge in [0.05, 0.1) is 11.7 Å². The lowest BCUT2D eigenvalue weighted by molar-refractivity contribution is 0.366. The Hall–Kier alpha value is -3.61. The lowest BCUT2D eigenvalue weighted by Crippen LogP contribution is -2.24. The van der Waals surface area contributed by atoms with Crippen molar-refractivity contribution in [2.24, 2.45) is 0 Å². The van der Waals surface area contributed by atoms with Gasteiger partial charge in [-0.1, -0.05) is 36.4 Å². The molecule has 0 fully saturated rings. The fourth-order valence-electron chi connectivity index (χ4n) is 3.04. The number of nitrogens with zero attached hydrogens (tertiary/aromatic N) is 3. The van der Waals surface area contributed by atoms with E-state index in [2.05, 4.69) is 20.4 Å². The lowest BCUT2D eigenvalue weighted by Gasteiger charge is -2.19. The van der Waals surface area contributed by atoms with Crippen LogP contribution in [0.3, 0.4) is 0 Å². The molecule has 4 rings (SSSR count). The van der Waals surface area contributed by atoms with Crippen LogP contribution in [0.2, 0.25) is 0 Å². The monoisotopic (exact) mass is 389 g/mol. The number of para-hydroxylation sites is 2. The average Bonchev–Trinajstić information content (AvgIpc) is 3.13. The highest BCUT2D eigenvalue weighted by Crippen LogP contribution is 2.25. The Kier molecular flexibility index (Phi) is 4.80. The van der Waals surface area contributed by atoms with E-state index in [-0.39, 0.29) is 11.1 Å². The number of benzene rings is 2. The van der Waals surface area contributed by atoms with Crippen molar-refractivity contribution in [3.63, 3.8) is 0 Å². The number of nitrogens with one attached hydrogen (secondary N) is 2. The molecule has 2 N–H and O–H groups in total. The van der Waals surface area contributed by atoms with E-state index < -0.39 is 0 Å². The quantitative estimate of drug-likeness (QED) is 0.532. The van der Waals surface area contributed by atoms with Gasteiger partial charge in [-0.15, -0.1) is 0 Å². The minimum absolute atomic E-state index is 0.221. The molecular formula is C22H23N5O2. The zero-order valence-electron chi connectivity index (χ0n) is 16.6. The normalized spacial score (nSPS) is 11.6. The molecular weight excluding hydrogens is 366 g/mol. The molecule has 7 heteroatoms. The van der Waals surface area contributed by atoms with Crippen LogP contribution >= 0.6 is 0 Å². The van der Waals surface area contributed by atoms with E-state index in [4.69, 9.17) is 4.74 Å². The largest absolute Gasteiger partial charge is 0.457 e. The van der Waals surface area contributed by atoms with E-state index in [1.54, 1.807) is 10.9 Å². The van der Waals surface area contributed by atoms with Gasteiger partial charge in [0.25, 0.3) is 5.56 Å². The molecule has 0 atom stereocenters. The lowest BCUT2D eigenvalue weighted by atomic mass is 10.1. The summed E-state index contributed by atoms with van der Waals surface area (Å²) >= 11 is 0. The van der Waals surface area contributed by atoms with Gasteiger partial charge in [0.2, 0.25) is 5.95 Å². The van der Waals surface area contributed by atoms with Crippen molar-refractivity contribution in [2.45, 2.75) is 32.9 Å². The van der Waals surface area contributed by atoms with Gasteiger partial charge in [-0.05, 0) is 39.0 Å². The molecule has 2 heterocycles. The summed E-state index contributed by atoms with van der Waals surface area (Å²) < 4.78 is 7.76. The van der Waals surface area contributed by atoms with Crippen LogP contribution in [0.5, 0.6) is 11.5 Å². The van der Waals surface area contributed by atoms with E-state index in [0.29, 0.717) is 23.5 Å². The predicted molar refractivity (Wildman–Crippen MR) is 113 cm³/mol. The molecule has 0 radical (unpaired) electrons. The molecule has 0 amide bonds. The van der Waals surface area contributed by atoms with E-state index in [1.807, 2.05) is 75.4 Å². The Morgan fingerprint density at radius 3 is 2.55 bits per heavy atom. The highest BCUT2D eigenvalue weighted by atomic mass is 16.5. The zero-order valence-corrected chi connectivity index (χ0v) is 16.6. The minimum Gasteiger partial charge on any atom is -0.457 e. The molecule has 29 heavy (non-hydrogen) atoms. The second-order valence-electron chi connectivity index (χ2n) is 7.76. The Balaban J connectivity index is 1.60. The standard InChI is InChI=1S/C22H23N5O2/c1-22(2,3)27-19-17(14-24-27)20(28)26-21(25-19)23-13-15-9-7-8-12-18(15)29-16-10-5-4-6-11-16/h4-12,14H,13H2,1-3H3,(H2,23,25,26,28). The van der Waals surface area contributed by atoms with Gasteiger partial charge in [-0.3, -0.25) is 9.78 Å². The molecule has 0 aliphatic rings. The van der Waals surface area contributed by atoms with Crippen molar-refractivity contribution in [1.82, 2.24) is 19.7 Å². The zero-order chi connectivity index (χ0) is 20.4. The first-order valence-electron chi connectivity index (χ1n) is 9.45. The number of fused-ring (bicyclic) bond motifs is 1. The van der Waals surface area contributed by atoms with E-state index >= 15 is 0 Å². The van der Waals surface area contributed by atoms with Gasteiger partial charge in [-0.25, -0.2) is 4.68 Å². The Morgan fingerprint density at radius 1 is 1.07 bits per heavy atom. The van der Waals surface area contributed by atoms with Crippen LogP contribution in [0.4, 0.5) is 5.95 Å². The number of rotatable bonds is 5. The summed E-state index contributed by atoms with van der Waals surface area (Å²) in [7, 11) is 0. The smallest absolute Gasteiger partial charge is 0.263 e. The number of hydrogen-bond donors (Lipinski definition) is 2. The molecule has 0 saturated carbocycles. The van der Waals surface area contributed by atoms with Gasteiger partial charge in [0.1, 0.15) is 16.9 Å². The van der Waals surface area contributed by atoms with Gasteiger partial charge in [-0.2, -0.15) is 10.1 Å². The maximum atomic E-state index is 12.4. The molecule has 0 aliphatic heterocycles. The fourth-order valence-corrected chi connectivity index (χ4v) is 3.04. The van der Waals surface area contributed by atoms with Crippen LogP contribution in [-0.4, -0.2) is 19.7 Å². The molecule has 7 nitrogen and oxygen atoms in total. The minimum atomic E-state index is -0.282. The molecule has 148 valence electrons. The molecule has 0 unspecified atom stereocenters. The Labute approximate surface area is 168 Å². The van der Waals surface area contributed by atoms with Crippen LogP contribution in [0.1, 0.15) is 26.3 Å². The molecule has 2 aromatic heterocycles. The number of anilines is 1. The second kappa shape index (κ2) is 7.43. The number of H-pyrrole nitrogens is 1. The first-order valence-corrected chi connectivity index (χ1v) is 9.45. The van der Waals surface area contributed by atoms with Crippen LogP contribution in [0, 0.1) is 0 Å². The molecule has 0 aliphatic carbocycles. The van der Waals surface area contributed by atoms with Crippen molar-refractivity contribution in [3.8, 4) is 11.5 Å². The van der Waals surface area contributed by atoms with Crippen molar-refractivity contribution < 1.29 is 4.74 Å². The van der Waals surface area contributed by atoms with E-state index in [0.717, 1.165) is 17.1 Å². The van der Waals surface area contributed by atoms with Gasteiger partial charge in [0.15, 0.2) is 5.65 Å². The summed E-state index contributed by atoms with van der Waals surface area (Å²) in [6, 6.07) is 17.4. The molecule has 0 saturated heterocycles. The summed E-state index contributed by atoms with van der Waals surface area (Å²) in [6.07, 6.45) is 1.55. The SMILES string of the molecule is CC(C)(C)n1ncc2c(=O)[nH]c(NCc3ccccc3Oc3ccccc3)nc21. The summed E-state index contributed by atoms with van der Waals surface area (Å²) in [6.45, 7) is 6.51. The average molecular weight is 389 g/mol. The van der Waals surface area contributed by atoms with Crippen LogP contribution in [0.15, 0.2) is 65.6 Å². The van der Waals surface area contributed by atoms with Crippen molar-refractivity contribution in [1.29, 1.82) is 0 Å². The third kappa shape index (κ3) is 3.99. The first-order chi connectivity index (χ1) is 13.9. The number of aromatic nitrogens is 4. The Bertz CT molecular complexity index is 1190. The molecule has 2 aromatic carbocycles. The summed E-state index contributed by atoms with van der Waals surface area (Å²) in [4.78, 5) is 19.8.